The van der Waals surface area contributed by atoms with E-state index in [1.54, 1.807) is 0 Å². The molecule has 0 aromatic heterocycles. The molecule has 0 fully saturated rings. The average molecular weight is 258 g/mol. The maximum Gasteiger partial charge on any atom is 0.0505 e. The average Bonchev–Trinajstić information content (AvgIpc) is 2.41. The van der Waals surface area contributed by atoms with Gasteiger partial charge in [-0.2, -0.15) is 0 Å². The number of anilines is 1. The Morgan fingerprint density at radius 1 is 1.06 bits per heavy atom. The number of halogens is 1. The Hall–Kier alpha value is -1.73. The monoisotopic (exact) mass is 257 g/mol. The van der Waals surface area contributed by atoms with Crippen LogP contribution in [0.1, 0.15) is 12.5 Å². The second-order valence-corrected chi connectivity index (χ2v) is 4.41. The summed E-state index contributed by atoms with van der Waals surface area (Å²) in [5, 5.41) is 4.02. The van der Waals surface area contributed by atoms with Crippen LogP contribution < -0.4 is 5.32 Å². The van der Waals surface area contributed by atoms with Crippen LogP contribution in [0.15, 0.2) is 48.5 Å². The fourth-order valence-corrected chi connectivity index (χ4v) is 2.33. The second kappa shape index (κ2) is 5.74. The summed E-state index contributed by atoms with van der Waals surface area (Å²) in [5.41, 5.74) is 4.38. The second-order valence-electron chi connectivity index (χ2n) is 4.00. The van der Waals surface area contributed by atoms with E-state index in [2.05, 4.69) is 23.5 Å². The summed E-state index contributed by atoms with van der Waals surface area (Å²) in [6.45, 7) is 2.01. The molecule has 1 N–H and O–H groups in total. The number of allylic oxidation sites excluding steroid dienone is 1. The number of nitrogens with one attached hydrogen (secondary N) is 1. The fraction of sp³-hybridized carbons (Fsp3) is 0.125. The number of benzene rings is 2. The van der Waals surface area contributed by atoms with Crippen LogP contribution in [-0.2, 0) is 0 Å². The van der Waals surface area contributed by atoms with E-state index in [4.69, 9.17) is 11.6 Å². The van der Waals surface area contributed by atoms with E-state index >= 15 is 0 Å². The van der Waals surface area contributed by atoms with Gasteiger partial charge in [0.2, 0.25) is 0 Å². The van der Waals surface area contributed by atoms with Crippen molar-refractivity contribution in [1.29, 1.82) is 0 Å². The predicted molar refractivity (Wildman–Crippen MR) is 81.1 cm³/mol. The Morgan fingerprint density at radius 3 is 2.39 bits per heavy atom. The summed E-state index contributed by atoms with van der Waals surface area (Å²) in [7, 11) is 1.92. The summed E-state index contributed by atoms with van der Waals surface area (Å²) < 4.78 is 0. The molecule has 18 heavy (non-hydrogen) atoms. The van der Waals surface area contributed by atoms with Crippen LogP contribution in [0.5, 0.6) is 0 Å². The molecule has 0 aliphatic heterocycles. The summed E-state index contributed by atoms with van der Waals surface area (Å²) in [4.78, 5) is 0. The van der Waals surface area contributed by atoms with Crippen LogP contribution in [0, 0.1) is 0 Å². The number of hydrogen-bond donors (Lipinski definition) is 1. The fourth-order valence-electron chi connectivity index (χ4n) is 2.07. The van der Waals surface area contributed by atoms with E-state index in [9.17, 15) is 0 Å². The molecule has 92 valence electrons. The van der Waals surface area contributed by atoms with Gasteiger partial charge in [0.05, 0.1) is 10.7 Å². The molecule has 0 atom stereocenters. The Morgan fingerprint density at radius 2 is 1.78 bits per heavy atom. The van der Waals surface area contributed by atoms with Crippen molar-refractivity contribution in [2.75, 3.05) is 12.4 Å². The largest absolute Gasteiger partial charge is 0.387 e. The summed E-state index contributed by atoms with van der Waals surface area (Å²) >= 11 is 6.35. The zero-order valence-electron chi connectivity index (χ0n) is 10.6. The zero-order chi connectivity index (χ0) is 13.0. The van der Waals surface area contributed by atoms with Gasteiger partial charge in [0.25, 0.3) is 0 Å². The van der Waals surface area contributed by atoms with Gasteiger partial charge in [-0.25, -0.2) is 0 Å². The molecule has 0 unspecified atom stereocenters. The Kier molecular flexibility index (Phi) is 4.06. The van der Waals surface area contributed by atoms with E-state index in [0.29, 0.717) is 0 Å². The quantitative estimate of drug-likeness (QED) is 0.808. The minimum atomic E-state index is 0.763. The smallest absolute Gasteiger partial charge is 0.0505 e. The number of rotatable bonds is 3. The first-order chi connectivity index (χ1) is 8.77. The van der Waals surface area contributed by atoms with Gasteiger partial charge in [-0.15, -0.1) is 0 Å². The van der Waals surface area contributed by atoms with Gasteiger partial charge >= 0.3 is 0 Å². The number of hydrogen-bond acceptors (Lipinski definition) is 1. The van der Waals surface area contributed by atoms with Gasteiger partial charge in [-0.1, -0.05) is 60.2 Å². The molecule has 0 aliphatic rings. The van der Waals surface area contributed by atoms with Crippen LogP contribution in [0.4, 0.5) is 5.69 Å². The predicted octanol–water partition coefficient (Wildman–Crippen LogP) is 5.08. The molecule has 0 spiro atoms. The first-order valence-electron chi connectivity index (χ1n) is 5.96. The highest BCUT2D eigenvalue weighted by Gasteiger charge is 2.11. The van der Waals surface area contributed by atoms with E-state index in [1.165, 1.54) is 0 Å². The topological polar surface area (TPSA) is 12.0 Å². The molecule has 2 rings (SSSR count). The highest BCUT2D eigenvalue weighted by molar-refractivity contribution is 6.34. The van der Waals surface area contributed by atoms with Gasteiger partial charge in [0.15, 0.2) is 0 Å². The van der Waals surface area contributed by atoms with Gasteiger partial charge < -0.3 is 5.32 Å². The molecule has 0 saturated carbocycles. The molecule has 0 aliphatic carbocycles. The van der Waals surface area contributed by atoms with Crippen molar-refractivity contribution in [3.05, 3.63) is 59.1 Å². The molecule has 0 heterocycles. The van der Waals surface area contributed by atoms with Gasteiger partial charge in [0.1, 0.15) is 0 Å². The molecule has 2 heteroatoms. The minimum Gasteiger partial charge on any atom is -0.387 e. The SMILES string of the molecule is C/C=C/c1ccc(Cl)c(-c2ccccc2)c1NC. The van der Waals surface area contributed by atoms with Gasteiger partial charge in [-0.05, 0) is 24.1 Å². The van der Waals surface area contributed by atoms with Crippen molar-refractivity contribution in [1.82, 2.24) is 0 Å². The van der Waals surface area contributed by atoms with Crippen LogP contribution in [0.25, 0.3) is 17.2 Å². The molecule has 0 saturated heterocycles. The summed E-state index contributed by atoms with van der Waals surface area (Å²) in [6.07, 6.45) is 4.10. The molecule has 2 aromatic carbocycles. The van der Waals surface area contributed by atoms with Crippen LogP contribution >= 0.6 is 11.6 Å². The third kappa shape index (κ3) is 2.41. The lowest BCUT2D eigenvalue weighted by atomic mass is 9.99. The normalized spacial score (nSPS) is 10.8. The van der Waals surface area contributed by atoms with E-state index in [0.717, 1.165) is 27.4 Å². The molecule has 0 amide bonds. The Labute approximate surface area is 113 Å². The maximum atomic E-state index is 6.35. The van der Waals surface area contributed by atoms with E-state index in [1.807, 2.05) is 50.4 Å². The van der Waals surface area contributed by atoms with Crippen molar-refractivity contribution in [2.24, 2.45) is 0 Å². The molecule has 1 nitrogen and oxygen atoms in total. The Balaban J connectivity index is 2.69. The molecular weight excluding hydrogens is 242 g/mol. The van der Waals surface area contributed by atoms with Crippen molar-refractivity contribution >= 4 is 23.4 Å². The molecule has 0 bridgehead atoms. The maximum absolute atomic E-state index is 6.35. The van der Waals surface area contributed by atoms with Crippen molar-refractivity contribution < 1.29 is 0 Å². The van der Waals surface area contributed by atoms with Crippen LogP contribution in [0.2, 0.25) is 5.02 Å². The first kappa shape index (κ1) is 12.7. The molecular formula is C16H16ClN. The highest BCUT2D eigenvalue weighted by Crippen LogP contribution is 2.37. The molecule has 0 radical (unpaired) electrons. The first-order valence-corrected chi connectivity index (χ1v) is 6.34. The van der Waals surface area contributed by atoms with Crippen LogP contribution in [0.3, 0.4) is 0 Å². The summed E-state index contributed by atoms with van der Waals surface area (Å²) in [6, 6.07) is 14.2. The van der Waals surface area contributed by atoms with Crippen molar-refractivity contribution in [2.45, 2.75) is 6.92 Å². The summed E-state index contributed by atoms with van der Waals surface area (Å²) in [5.74, 6) is 0. The third-order valence-corrected chi connectivity index (χ3v) is 3.16. The lowest BCUT2D eigenvalue weighted by Gasteiger charge is -2.14. The lowest BCUT2D eigenvalue weighted by Crippen LogP contribution is -1.96. The minimum absolute atomic E-state index is 0.763. The van der Waals surface area contributed by atoms with Gasteiger partial charge in [0, 0.05) is 12.6 Å². The third-order valence-electron chi connectivity index (χ3n) is 2.85. The highest BCUT2D eigenvalue weighted by atomic mass is 35.5. The van der Waals surface area contributed by atoms with E-state index in [-0.39, 0.29) is 0 Å². The van der Waals surface area contributed by atoms with Crippen molar-refractivity contribution in [3.8, 4) is 11.1 Å². The van der Waals surface area contributed by atoms with E-state index < -0.39 is 0 Å². The lowest BCUT2D eigenvalue weighted by molar-refractivity contribution is 1.48. The van der Waals surface area contributed by atoms with Crippen molar-refractivity contribution in [3.63, 3.8) is 0 Å². The molecule has 2 aromatic rings. The standard InChI is InChI=1S/C16H16ClN/c1-3-7-13-10-11-14(17)15(16(13)18-2)12-8-5-4-6-9-12/h3-11,18H,1-2H3/b7-3+. The Bertz CT molecular complexity index is 559. The van der Waals surface area contributed by atoms with Gasteiger partial charge in [-0.3, -0.25) is 0 Å². The zero-order valence-corrected chi connectivity index (χ0v) is 11.3. The van der Waals surface area contributed by atoms with Crippen LogP contribution in [-0.4, -0.2) is 7.05 Å².